The molecule has 0 N–H and O–H groups in total. The van der Waals surface area contributed by atoms with Gasteiger partial charge in [0.25, 0.3) is 5.24 Å². The van der Waals surface area contributed by atoms with E-state index in [0.717, 1.165) is 16.3 Å². The molecule has 1 fully saturated rings. The number of thioether (sulfide) groups is 1. The smallest absolute Gasteiger partial charge is 0.326 e. The number of hydrogen-bond donors (Lipinski definition) is 0. The zero-order chi connectivity index (χ0) is 16.2. The summed E-state index contributed by atoms with van der Waals surface area (Å²) >= 11 is 8.81. The standard InChI is InChI=1S/C15H13ClN2O3S2/c16-12-4-2-1-3-11(12)14-17-10(9-23-14)8-21-13(19)7-18-5-6-22-15(18)20/h1-4,9H,5-8H2. The van der Waals surface area contributed by atoms with E-state index in [0.29, 0.717) is 17.3 Å². The van der Waals surface area contributed by atoms with Crippen molar-refractivity contribution in [3.8, 4) is 10.6 Å². The molecule has 1 aliphatic rings. The van der Waals surface area contributed by atoms with Crippen LogP contribution in [0.2, 0.25) is 5.02 Å². The van der Waals surface area contributed by atoms with Crippen molar-refractivity contribution in [1.82, 2.24) is 9.88 Å². The highest BCUT2D eigenvalue weighted by atomic mass is 35.5. The minimum Gasteiger partial charge on any atom is -0.458 e. The van der Waals surface area contributed by atoms with Gasteiger partial charge in [0.05, 0.1) is 10.7 Å². The number of esters is 1. The Labute approximate surface area is 146 Å². The molecular weight excluding hydrogens is 356 g/mol. The first kappa shape index (κ1) is 16.3. The highest BCUT2D eigenvalue weighted by Gasteiger charge is 2.23. The van der Waals surface area contributed by atoms with Gasteiger partial charge in [-0.2, -0.15) is 0 Å². The van der Waals surface area contributed by atoms with E-state index in [1.165, 1.54) is 28.0 Å². The van der Waals surface area contributed by atoms with Crippen LogP contribution in [0.15, 0.2) is 29.6 Å². The average Bonchev–Trinajstić information content (AvgIpc) is 3.16. The number of amides is 1. The topological polar surface area (TPSA) is 59.5 Å². The van der Waals surface area contributed by atoms with E-state index in [9.17, 15) is 9.59 Å². The van der Waals surface area contributed by atoms with Crippen molar-refractivity contribution < 1.29 is 14.3 Å². The summed E-state index contributed by atoms with van der Waals surface area (Å²) in [6, 6.07) is 7.46. The lowest BCUT2D eigenvalue weighted by molar-refractivity contribution is -0.145. The minimum absolute atomic E-state index is 0.00661. The largest absolute Gasteiger partial charge is 0.458 e. The first-order valence-electron chi connectivity index (χ1n) is 6.90. The van der Waals surface area contributed by atoms with Crippen LogP contribution in [0.3, 0.4) is 0 Å². The number of thiazole rings is 1. The molecule has 0 atom stereocenters. The predicted octanol–water partition coefficient (Wildman–Crippen LogP) is 3.68. The summed E-state index contributed by atoms with van der Waals surface area (Å²) in [4.78, 5) is 29.1. The Morgan fingerprint density at radius 3 is 2.96 bits per heavy atom. The van der Waals surface area contributed by atoms with Crippen LogP contribution < -0.4 is 0 Å². The molecule has 120 valence electrons. The van der Waals surface area contributed by atoms with Crippen LogP contribution in [0.1, 0.15) is 5.69 Å². The predicted molar refractivity (Wildman–Crippen MR) is 91.8 cm³/mol. The maximum absolute atomic E-state index is 11.8. The molecule has 0 unspecified atom stereocenters. The maximum atomic E-state index is 11.8. The summed E-state index contributed by atoms with van der Waals surface area (Å²) in [6.07, 6.45) is 0. The summed E-state index contributed by atoms with van der Waals surface area (Å²) in [7, 11) is 0. The molecule has 1 saturated heterocycles. The lowest BCUT2D eigenvalue weighted by atomic mass is 10.2. The number of hydrogen-bond acceptors (Lipinski definition) is 6. The number of nitrogens with zero attached hydrogens (tertiary/aromatic N) is 2. The van der Waals surface area contributed by atoms with Crippen molar-refractivity contribution in [1.29, 1.82) is 0 Å². The second-order valence-corrected chi connectivity index (χ2v) is 7.13. The number of benzene rings is 1. The fraction of sp³-hybridized carbons (Fsp3) is 0.267. The number of carbonyl (C=O) groups excluding carboxylic acids is 2. The van der Waals surface area contributed by atoms with Crippen LogP contribution in [-0.4, -0.2) is 39.9 Å². The maximum Gasteiger partial charge on any atom is 0.326 e. The van der Waals surface area contributed by atoms with Gasteiger partial charge in [0.15, 0.2) is 0 Å². The third-order valence-corrected chi connectivity index (χ3v) is 5.35. The van der Waals surface area contributed by atoms with Gasteiger partial charge in [-0.25, -0.2) is 4.98 Å². The third kappa shape index (κ3) is 4.04. The van der Waals surface area contributed by atoms with Crippen molar-refractivity contribution in [3.63, 3.8) is 0 Å². The first-order valence-corrected chi connectivity index (χ1v) is 9.14. The van der Waals surface area contributed by atoms with Crippen LogP contribution in [0, 0.1) is 0 Å². The van der Waals surface area contributed by atoms with Gasteiger partial charge in [-0.1, -0.05) is 41.6 Å². The Morgan fingerprint density at radius 2 is 2.22 bits per heavy atom. The second-order valence-electron chi connectivity index (χ2n) is 4.82. The fourth-order valence-electron chi connectivity index (χ4n) is 2.06. The number of carbonyl (C=O) groups is 2. The molecule has 1 aliphatic heterocycles. The fourth-order valence-corrected chi connectivity index (χ4v) is 4.01. The van der Waals surface area contributed by atoms with E-state index >= 15 is 0 Å². The second kappa shape index (κ2) is 7.33. The molecule has 5 nitrogen and oxygen atoms in total. The van der Waals surface area contributed by atoms with E-state index < -0.39 is 5.97 Å². The van der Waals surface area contributed by atoms with Crippen molar-refractivity contribution in [2.24, 2.45) is 0 Å². The Hall–Kier alpha value is -1.57. The van der Waals surface area contributed by atoms with Crippen molar-refractivity contribution >= 4 is 45.9 Å². The van der Waals surface area contributed by atoms with E-state index in [-0.39, 0.29) is 18.4 Å². The zero-order valence-electron chi connectivity index (χ0n) is 12.0. The molecule has 0 spiro atoms. The van der Waals surface area contributed by atoms with Crippen molar-refractivity contribution in [3.05, 3.63) is 40.4 Å². The van der Waals surface area contributed by atoms with E-state index in [1.54, 1.807) is 0 Å². The molecule has 1 amide bonds. The molecule has 23 heavy (non-hydrogen) atoms. The SMILES string of the molecule is O=C(CN1CCSC1=O)OCc1csc(-c2ccccc2Cl)n1. The summed E-state index contributed by atoms with van der Waals surface area (Å²) in [5.74, 6) is 0.299. The van der Waals surface area contributed by atoms with Gasteiger partial charge >= 0.3 is 5.97 Å². The van der Waals surface area contributed by atoms with Gasteiger partial charge in [0.2, 0.25) is 0 Å². The summed E-state index contributed by atoms with van der Waals surface area (Å²) in [5, 5.41) is 3.18. The minimum atomic E-state index is -0.423. The highest BCUT2D eigenvalue weighted by Crippen LogP contribution is 2.30. The molecule has 0 radical (unpaired) electrons. The van der Waals surface area contributed by atoms with Gasteiger partial charge in [0, 0.05) is 23.2 Å². The molecule has 0 saturated carbocycles. The number of halogens is 1. The summed E-state index contributed by atoms with van der Waals surface area (Å²) in [5.41, 5.74) is 1.52. The van der Waals surface area contributed by atoms with E-state index in [2.05, 4.69) is 4.98 Å². The lowest BCUT2D eigenvalue weighted by Gasteiger charge is -2.12. The van der Waals surface area contributed by atoms with Gasteiger partial charge in [-0.05, 0) is 6.07 Å². The molecule has 1 aromatic heterocycles. The van der Waals surface area contributed by atoms with Gasteiger partial charge in [-0.15, -0.1) is 11.3 Å². The van der Waals surface area contributed by atoms with Crippen LogP contribution in [0.5, 0.6) is 0 Å². The van der Waals surface area contributed by atoms with E-state index in [4.69, 9.17) is 16.3 Å². The van der Waals surface area contributed by atoms with Gasteiger partial charge in [-0.3, -0.25) is 9.59 Å². The van der Waals surface area contributed by atoms with E-state index in [1.807, 2.05) is 29.6 Å². The monoisotopic (exact) mass is 368 g/mol. The van der Waals surface area contributed by atoms with Crippen LogP contribution in [0.4, 0.5) is 4.79 Å². The molecule has 2 aromatic rings. The number of aromatic nitrogens is 1. The average molecular weight is 369 g/mol. The Balaban J connectivity index is 1.56. The Kier molecular flexibility index (Phi) is 5.20. The number of ether oxygens (including phenoxy) is 1. The van der Waals surface area contributed by atoms with Gasteiger partial charge in [0.1, 0.15) is 18.2 Å². The lowest BCUT2D eigenvalue weighted by Crippen LogP contribution is -2.30. The van der Waals surface area contributed by atoms with Crippen molar-refractivity contribution in [2.45, 2.75) is 6.61 Å². The Bertz CT molecular complexity index is 735. The van der Waals surface area contributed by atoms with Crippen LogP contribution in [-0.2, 0) is 16.1 Å². The molecular formula is C15H13ClN2O3S2. The first-order chi connectivity index (χ1) is 11.1. The molecule has 1 aromatic carbocycles. The zero-order valence-corrected chi connectivity index (χ0v) is 14.4. The normalized spacial score (nSPS) is 14.3. The molecule has 8 heteroatoms. The number of rotatable bonds is 5. The van der Waals surface area contributed by atoms with Crippen LogP contribution in [0.25, 0.3) is 10.6 Å². The third-order valence-electron chi connectivity index (χ3n) is 3.20. The molecule has 3 rings (SSSR count). The van der Waals surface area contributed by atoms with Crippen molar-refractivity contribution in [2.75, 3.05) is 18.8 Å². The quantitative estimate of drug-likeness (QED) is 0.753. The van der Waals surface area contributed by atoms with Crippen LogP contribution >= 0.6 is 34.7 Å². The summed E-state index contributed by atoms with van der Waals surface area (Å²) < 4.78 is 5.19. The van der Waals surface area contributed by atoms with Gasteiger partial charge < -0.3 is 9.64 Å². The molecule has 2 heterocycles. The molecule has 0 bridgehead atoms. The summed E-state index contributed by atoms with van der Waals surface area (Å²) in [6.45, 7) is 0.675. The highest BCUT2D eigenvalue weighted by molar-refractivity contribution is 8.13. The Morgan fingerprint density at radius 1 is 1.39 bits per heavy atom. The molecule has 0 aliphatic carbocycles.